The van der Waals surface area contributed by atoms with Crippen LogP contribution in [0.15, 0.2) is 29.3 Å². The van der Waals surface area contributed by atoms with Gasteiger partial charge < -0.3 is 11.1 Å². The van der Waals surface area contributed by atoms with Gasteiger partial charge in [-0.05, 0) is 42.4 Å². The van der Waals surface area contributed by atoms with Crippen molar-refractivity contribution >= 4 is 11.6 Å². The number of anilines is 1. The lowest BCUT2D eigenvalue weighted by Crippen LogP contribution is -2.24. The molecule has 3 rings (SSSR count). The maximum Gasteiger partial charge on any atom is 0.193 e. The minimum atomic E-state index is 0.479. The number of nitrogens with zero attached hydrogens (tertiary/aromatic N) is 1. The second-order valence-electron chi connectivity index (χ2n) is 5.85. The Morgan fingerprint density at radius 2 is 2.05 bits per heavy atom. The molecule has 2 aliphatic carbocycles. The molecule has 0 aliphatic heterocycles. The highest BCUT2D eigenvalue weighted by Crippen LogP contribution is 2.48. The fraction of sp³-hybridized carbons (Fsp3) is 0.562. The SMILES string of the molecule is CCc1ccc(NC(N)=N[C@@H]2C[C@H]2C2CCC2)cc1. The van der Waals surface area contributed by atoms with Crippen molar-refractivity contribution in [1.29, 1.82) is 0 Å². The highest BCUT2D eigenvalue weighted by molar-refractivity contribution is 5.92. The minimum Gasteiger partial charge on any atom is -0.370 e. The van der Waals surface area contributed by atoms with Gasteiger partial charge in [0.15, 0.2) is 5.96 Å². The highest BCUT2D eigenvalue weighted by atomic mass is 15.1. The van der Waals surface area contributed by atoms with E-state index >= 15 is 0 Å². The molecule has 0 saturated heterocycles. The van der Waals surface area contributed by atoms with Crippen molar-refractivity contribution in [3.8, 4) is 0 Å². The zero-order valence-electron chi connectivity index (χ0n) is 11.6. The van der Waals surface area contributed by atoms with Crippen molar-refractivity contribution in [2.45, 2.75) is 45.1 Å². The molecule has 0 radical (unpaired) electrons. The molecule has 0 bridgehead atoms. The summed E-state index contributed by atoms with van der Waals surface area (Å²) in [7, 11) is 0. The molecule has 3 nitrogen and oxygen atoms in total. The molecule has 3 heteroatoms. The fourth-order valence-corrected chi connectivity index (χ4v) is 2.91. The number of aryl methyl sites for hydroxylation is 1. The second-order valence-corrected chi connectivity index (χ2v) is 5.85. The minimum absolute atomic E-state index is 0.479. The Kier molecular flexibility index (Phi) is 3.45. The average Bonchev–Trinajstić information content (AvgIpc) is 3.06. The summed E-state index contributed by atoms with van der Waals surface area (Å²) in [5.74, 6) is 2.32. The number of nitrogens with two attached hydrogens (primary N) is 1. The van der Waals surface area contributed by atoms with E-state index in [1.807, 2.05) is 0 Å². The van der Waals surface area contributed by atoms with Crippen LogP contribution in [0.1, 0.15) is 38.2 Å². The van der Waals surface area contributed by atoms with E-state index in [1.54, 1.807) is 0 Å². The summed E-state index contributed by atoms with van der Waals surface area (Å²) in [5.41, 5.74) is 8.35. The molecule has 2 atom stereocenters. The van der Waals surface area contributed by atoms with Gasteiger partial charge in [0.05, 0.1) is 6.04 Å². The lowest BCUT2D eigenvalue weighted by molar-refractivity contribution is 0.274. The predicted octanol–water partition coefficient (Wildman–Crippen LogP) is 3.16. The van der Waals surface area contributed by atoms with E-state index in [2.05, 4.69) is 41.5 Å². The van der Waals surface area contributed by atoms with Crippen LogP contribution in [0.25, 0.3) is 0 Å². The quantitative estimate of drug-likeness (QED) is 0.643. The smallest absolute Gasteiger partial charge is 0.193 e. The van der Waals surface area contributed by atoms with Gasteiger partial charge >= 0.3 is 0 Å². The Labute approximate surface area is 115 Å². The monoisotopic (exact) mass is 257 g/mol. The molecule has 0 aromatic heterocycles. The summed E-state index contributed by atoms with van der Waals surface area (Å²) in [6, 6.07) is 8.87. The zero-order chi connectivity index (χ0) is 13.2. The molecule has 19 heavy (non-hydrogen) atoms. The van der Waals surface area contributed by atoms with Crippen LogP contribution in [0.5, 0.6) is 0 Å². The molecule has 3 N–H and O–H groups in total. The summed E-state index contributed by atoms with van der Waals surface area (Å²) in [6.07, 6.45) is 6.52. The Balaban J connectivity index is 1.54. The molecule has 2 fully saturated rings. The summed E-state index contributed by atoms with van der Waals surface area (Å²) < 4.78 is 0. The van der Waals surface area contributed by atoms with Gasteiger partial charge in [-0.3, -0.25) is 0 Å². The molecule has 102 valence electrons. The zero-order valence-corrected chi connectivity index (χ0v) is 11.6. The van der Waals surface area contributed by atoms with Gasteiger partial charge in [0, 0.05) is 5.69 Å². The number of hydrogen-bond acceptors (Lipinski definition) is 1. The molecule has 2 aliphatic rings. The first kappa shape index (κ1) is 12.5. The van der Waals surface area contributed by atoms with Crippen LogP contribution in [-0.2, 0) is 6.42 Å². The molecule has 0 heterocycles. The van der Waals surface area contributed by atoms with Gasteiger partial charge in [0.2, 0.25) is 0 Å². The average molecular weight is 257 g/mol. The fourth-order valence-electron chi connectivity index (χ4n) is 2.91. The van der Waals surface area contributed by atoms with Gasteiger partial charge in [0.25, 0.3) is 0 Å². The summed E-state index contributed by atoms with van der Waals surface area (Å²) in [6.45, 7) is 2.16. The number of nitrogens with one attached hydrogen (secondary N) is 1. The summed E-state index contributed by atoms with van der Waals surface area (Å²) in [5, 5.41) is 3.19. The lowest BCUT2D eigenvalue weighted by atomic mass is 9.81. The molecular formula is C16H23N3. The Bertz CT molecular complexity index is 459. The van der Waals surface area contributed by atoms with Crippen molar-refractivity contribution in [2.75, 3.05) is 5.32 Å². The third-order valence-electron chi connectivity index (χ3n) is 4.50. The van der Waals surface area contributed by atoms with E-state index in [-0.39, 0.29) is 0 Å². The van der Waals surface area contributed by atoms with Gasteiger partial charge in [-0.15, -0.1) is 0 Å². The molecule has 0 amide bonds. The standard InChI is InChI=1S/C16H23N3/c1-2-11-6-8-13(9-7-11)18-16(17)19-15-10-14(15)12-4-3-5-12/h6-9,12,14-15H,2-5,10H2,1H3,(H3,17,18,19)/t14-,15+/m0/s1. The van der Waals surface area contributed by atoms with Crippen LogP contribution >= 0.6 is 0 Å². The van der Waals surface area contributed by atoms with Crippen molar-refractivity contribution < 1.29 is 0 Å². The van der Waals surface area contributed by atoms with Gasteiger partial charge in [-0.25, -0.2) is 4.99 Å². The highest BCUT2D eigenvalue weighted by Gasteiger charge is 2.45. The summed E-state index contributed by atoms with van der Waals surface area (Å²) in [4.78, 5) is 4.59. The topological polar surface area (TPSA) is 50.4 Å². The van der Waals surface area contributed by atoms with Crippen molar-refractivity contribution in [1.82, 2.24) is 0 Å². The second kappa shape index (κ2) is 5.24. The van der Waals surface area contributed by atoms with Crippen LogP contribution in [0.2, 0.25) is 0 Å². The first-order chi connectivity index (χ1) is 9.26. The maximum atomic E-state index is 5.98. The van der Waals surface area contributed by atoms with Gasteiger partial charge in [-0.2, -0.15) is 0 Å². The van der Waals surface area contributed by atoms with Gasteiger partial charge in [-0.1, -0.05) is 38.3 Å². The van der Waals surface area contributed by atoms with E-state index in [0.29, 0.717) is 12.0 Å². The number of aliphatic imine (C=N–C) groups is 1. The number of guanidine groups is 1. The van der Waals surface area contributed by atoms with E-state index < -0.39 is 0 Å². The first-order valence-corrected chi connectivity index (χ1v) is 7.45. The largest absolute Gasteiger partial charge is 0.370 e. The van der Waals surface area contributed by atoms with Crippen LogP contribution in [0.3, 0.4) is 0 Å². The molecule has 2 saturated carbocycles. The van der Waals surface area contributed by atoms with Crippen LogP contribution in [-0.4, -0.2) is 12.0 Å². The van der Waals surface area contributed by atoms with Crippen molar-refractivity contribution in [3.63, 3.8) is 0 Å². The van der Waals surface area contributed by atoms with E-state index in [4.69, 9.17) is 5.73 Å². The van der Waals surface area contributed by atoms with E-state index in [0.717, 1.165) is 23.9 Å². The third-order valence-corrected chi connectivity index (χ3v) is 4.50. The van der Waals surface area contributed by atoms with E-state index in [9.17, 15) is 0 Å². The Morgan fingerprint density at radius 3 is 2.63 bits per heavy atom. The third kappa shape index (κ3) is 2.91. The van der Waals surface area contributed by atoms with Gasteiger partial charge in [0.1, 0.15) is 0 Å². The molecular weight excluding hydrogens is 234 g/mol. The Morgan fingerprint density at radius 1 is 1.32 bits per heavy atom. The van der Waals surface area contributed by atoms with Crippen molar-refractivity contribution in [2.24, 2.45) is 22.6 Å². The maximum absolute atomic E-state index is 5.98. The van der Waals surface area contributed by atoms with E-state index in [1.165, 1.54) is 31.2 Å². The first-order valence-electron chi connectivity index (χ1n) is 7.45. The van der Waals surface area contributed by atoms with Crippen LogP contribution < -0.4 is 11.1 Å². The molecule has 1 aromatic carbocycles. The number of rotatable bonds is 4. The van der Waals surface area contributed by atoms with Crippen molar-refractivity contribution in [3.05, 3.63) is 29.8 Å². The van der Waals surface area contributed by atoms with Crippen LogP contribution in [0.4, 0.5) is 5.69 Å². The number of hydrogen-bond donors (Lipinski definition) is 2. The Hall–Kier alpha value is -1.51. The van der Waals surface area contributed by atoms with Crippen LogP contribution in [0, 0.1) is 11.8 Å². The normalized spacial score (nSPS) is 26.9. The predicted molar refractivity (Wildman–Crippen MR) is 80.3 cm³/mol. The number of benzene rings is 1. The molecule has 1 aromatic rings. The summed E-state index contributed by atoms with van der Waals surface area (Å²) >= 11 is 0. The molecule has 0 spiro atoms. The molecule has 0 unspecified atom stereocenters. The lowest BCUT2D eigenvalue weighted by Gasteiger charge is -2.25.